The van der Waals surface area contributed by atoms with E-state index in [4.69, 9.17) is 18.9 Å². The summed E-state index contributed by atoms with van der Waals surface area (Å²) in [7, 11) is -1.25. The fourth-order valence-corrected chi connectivity index (χ4v) is 4.98. The summed E-state index contributed by atoms with van der Waals surface area (Å²) in [5, 5.41) is 0. The van der Waals surface area contributed by atoms with Crippen molar-refractivity contribution in [2.75, 3.05) is 26.4 Å². The summed E-state index contributed by atoms with van der Waals surface area (Å²) < 4.78 is 38.7. The van der Waals surface area contributed by atoms with Gasteiger partial charge in [-0.2, -0.15) is 0 Å². The standard InChI is InChI=1S/C29H49NO6S/c1-9-13-25(23(5)21-24(11-3)36-28(31)22(4)16-20-33-17-10-2)26(30-37(32)29(6,7)8)14-15-27-34-18-12-19-35-27/h9-11,16,23-27,30H,1-3,12-15,17-21H2,4-8H3/b22-16+/t23-,24-,25-,26+,37+/m1/s1. The van der Waals surface area contributed by atoms with E-state index in [1.165, 1.54) is 0 Å². The first-order valence-electron chi connectivity index (χ1n) is 13.2. The van der Waals surface area contributed by atoms with Crippen molar-refractivity contribution in [1.82, 2.24) is 4.72 Å². The maximum atomic E-state index is 13.1. The predicted octanol–water partition coefficient (Wildman–Crippen LogP) is 5.42. The number of ether oxygens (including phenoxy) is 4. The van der Waals surface area contributed by atoms with Gasteiger partial charge in [-0.15, -0.1) is 13.2 Å². The summed E-state index contributed by atoms with van der Waals surface area (Å²) >= 11 is 0. The molecule has 0 bridgehead atoms. The Balaban J connectivity index is 2.94. The van der Waals surface area contributed by atoms with Crippen LogP contribution in [-0.4, -0.2) is 59.8 Å². The van der Waals surface area contributed by atoms with Crippen LogP contribution in [0.5, 0.6) is 0 Å². The van der Waals surface area contributed by atoms with Crippen LogP contribution in [0.15, 0.2) is 49.6 Å². The Bertz CT molecular complexity index is 769. The van der Waals surface area contributed by atoms with Crippen LogP contribution in [0.2, 0.25) is 0 Å². The number of hydrogen-bond acceptors (Lipinski definition) is 6. The maximum Gasteiger partial charge on any atom is 0.334 e. The van der Waals surface area contributed by atoms with Crippen molar-refractivity contribution in [2.24, 2.45) is 11.8 Å². The zero-order valence-corrected chi connectivity index (χ0v) is 24.4. The van der Waals surface area contributed by atoms with E-state index in [-0.39, 0.29) is 24.2 Å². The number of nitrogens with one attached hydrogen (secondary N) is 1. The van der Waals surface area contributed by atoms with E-state index in [1.54, 1.807) is 25.2 Å². The summed E-state index contributed by atoms with van der Waals surface area (Å²) in [6.07, 6.45) is 9.89. The van der Waals surface area contributed by atoms with Crippen molar-refractivity contribution in [3.63, 3.8) is 0 Å². The van der Waals surface area contributed by atoms with Crippen molar-refractivity contribution in [2.45, 2.75) is 89.9 Å². The molecule has 0 aliphatic carbocycles. The molecule has 7 nitrogen and oxygen atoms in total. The average Bonchev–Trinajstić information content (AvgIpc) is 2.86. The Morgan fingerprint density at radius 2 is 1.84 bits per heavy atom. The van der Waals surface area contributed by atoms with Gasteiger partial charge in [0.05, 0.1) is 42.2 Å². The monoisotopic (exact) mass is 539 g/mol. The molecular weight excluding hydrogens is 490 g/mol. The van der Waals surface area contributed by atoms with Gasteiger partial charge in [-0.1, -0.05) is 31.7 Å². The highest BCUT2D eigenvalue weighted by atomic mass is 32.2. The molecule has 8 heteroatoms. The number of carbonyl (C=O) groups excluding carboxylic acids is 1. The molecule has 0 aromatic heterocycles. The molecule has 0 radical (unpaired) electrons. The van der Waals surface area contributed by atoms with Crippen molar-refractivity contribution < 1.29 is 28.0 Å². The first-order valence-corrected chi connectivity index (χ1v) is 14.4. The van der Waals surface area contributed by atoms with Gasteiger partial charge in [-0.05, 0) is 77.7 Å². The lowest BCUT2D eigenvalue weighted by molar-refractivity contribution is -0.182. The second kappa shape index (κ2) is 17.8. The van der Waals surface area contributed by atoms with Crippen LogP contribution >= 0.6 is 0 Å². The van der Waals surface area contributed by atoms with Gasteiger partial charge in [0.15, 0.2) is 6.29 Å². The summed E-state index contributed by atoms with van der Waals surface area (Å²) in [5.41, 5.74) is 0.485. The summed E-state index contributed by atoms with van der Waals surface area (Å²) in [5.74, 6) is -0.163. The number of esters is 1. The minimum atomic E-state index is -1.25. The zero-order valence-electron chi connectivity index (χ0n) is 23.5. The highest BCUT2D eigenvalue weighted by Gasteiger charge is 2.32. The van der Waals surface area contributed by atoms with Gasteiger partial charge >= 0.3 is 5.97 Å². The van der Waals surface area contributed by atoms with Gasteiger partial charge in [0, 0.05) is 11.6 Å². The first-order chi connectivity index (χ1) is 17.5. The summed E-state index contributed by atoms with van der Waals surface area (Å²) in [6.45, 7) is 23.3. The molecule has 1 aliphatic heterocycles. The predicted molar refractivity (Wildman–Crippen MR) is 151 cm³/mol. The average molecular weight is 540 g/mol. The molecule has 0 aromatic rings. The van der Waals surface area contributed by atoms with Crippen molar-refractivity contribution in [1.29, 1.82) is 0 Å². The summed E-state index contributed by atoms with van der Waals surface area (Å²) in [4.78, 5) is 12.6. The lowest BCUT2D eigenvalue weighted by Gasteiger charge is -2.35. The molecule has 0 aromatic carbocycles. The zero-order chi connectivity index (χ0) is 27.8. The van der Waals surface area contributed by atoms with Crippen LogP contribution in [0.3, 0.4) is 0 Å². The molecule has 212 valence electrons. The van der Waals surface area contributed by atoms with E-state index >= 15 is 0 Å². The third-order valence-electron chi connectivity index (χ3n) is 6.30. The van der Waals surface area contributed by atoms with E-state index in [0.29, 0.717) is 44.8 Å². The fraction of sp³-hybridized carbons (Fsp3) is 0.690. The van der Waals surface area contributed by atoms with Crippen LogP contribution in [0.4, 0.5) is 0 Å². The molecule has 0 spiro atoms. The third-order valence-corrected chi connectivity index (χ3v) is 7.93. The molecule has 0 unspecified atom stereocenters. The molecule has 37 heavy (non-hydrogen) atoms. The SMILES string of the molecule is C=CCOC/C=C(\C)C(=O)O[C@H](C=C)C[C@@H](C)[C@@H](CC=C)[C@H](CCC1OCCCO1)N[S@@](=O)C(C)(C)C. The van der Waals surface area contributed by atoms with Gasteiger partial charge in [0.2, 0.25) is 0 Å². The normalized spacial score (nSPS) is 19.3. The Morgan fingerprint density at radius 1 is 1.16 bits per heavy atom. The van der Waals surface area contributed by atoms with Crippen LogP contribution in [0.1, 0.15) is 66.7 Å². The van der Waals surface area contributed by atoms with E-state index in [9.17, 15) is 9.00 Å². The Hall–Kier alpha value is -1.58. The van der Waals surface area contributed by atoms with E-state index in [1.807, 2.05) is 26.8 Å². The van der Waals surface area contributed by atoms with Crippen LogP contribution in [0.25, 0.3) is 0 Å². The Morgan fingerprint density at radius 3 is 2.41 bits per heavy atom. The van der Waals surface area contributed by atoms with Gasteiger partial charge in [0.1, 0.15) is 6.10 Å². The summed E-state index contributed by atoms with van der Waals surface area (Å²) in [6, 6.07) is -0.0630. The minimum absolute atomic E-state index is 0.0630. The van der Waals surface area contributed by atoms with Gasteiger partial charge < -0.3 is 18.9 Å². The molecule has 1 saturated heterocycles. The van der Waals surface area contributed by atoms with Crippen LogP contribution in [0, 0.1) is 11.8 Å². The second-order valence-electron chi connectivity index (χ2n) is 10.5. The molecule has 1 aliphatic rings. The van der Waals surface area contributed by atoms with Crippen LogP contribution < -0.4 is 4.72 Å². The van der Waals surface area contributed by atoms with E-state index in [2.05, 4.69) is 31.4 Å². The molecule has 1 N–H and O–H groups in total. The first kappa shape index (κ1) is 33.4. The molecule has 0 amide bonds. The van der Waals surface area contributed by atoms with Crippen molar-refractivity contribution >= 4 is 17.0 Å². The van der Waals surface area contributed by atoms with Crippen LogP contribution in [-0.2, 0) is 34.7 Å². The van der Waals surface area contributed by atoms with Crippen molar-refractivity contribution in [3.05, 3.63) is 49.6 Å². The molecule has 1 rings (SSSR count). The number of allylic oxidation sites excluding steroid dienone is 1. The molecule has 0 saturated carbocycles. The fourth-order valence-electron chi connectivity index (χ4n) is 4.06. The highest BCUT2D eigenvalue weighted by molar-refractivity contribution is 7.84. The largest absolute Gasteiger partial charge is 0.455 e. The maximum absolute atomic E-state index is 13.1. The lowest BCUT2D eigenvalue weighted by Crippen LogP contribution is -2.46. The van der Waals surface area contributed by atoms with E-state index < -0.39 is 27.8 Å². The second-order valence-corrected chi connectivity index (χ2v) is 12.5. The lowest BCUT2D eigenvalue weighted by atomic mass is 9.80. The number of rotatable bonds is 18. The van der Waals surface area contributed by atoms with Gasteiger partial charge in [0.25, 0.3) is 0 Å². The smallest absolute Gasteiger partial charge is 0.334 e. The van der Waals surface area contributed by atoms with E-state index in [0.717, 1.165) is 19.3 Å². The molecule has 1 fully saturated rings. The minimum Gasteiger partial charge on any atom is -0.455 e. The highest BCUT2D eigenvalue weighted by Crippen LogP contribution is 2.30. The Labute approximate surface area is 227 Å². The molecule has 5 atom stereocenters. The quantitative estimate of drug-likeness (QED) is 0.108. The number of hydrogen-bond donors (Lipinski definition) is 1. The van der Waals surface area contributed by atoms with Gasteiger partial charge in [-0.3, -0.25) is 0 Å². The molecular formula is C29H49NO6S. The topological polar surface area (TPSA) is 83.1 Å². The van der Waals surface area contributed by atoms with Crippen molar-refractivity contribution in [3.8, 4) is 0 Å². The number of carbonyl (C=O) groups is 1. The third kappa shape index (κ3) is 13.2. The Kier molecular flexibility index (Phi) is 16.1. The van der Waals surface area contributed by atoms with Gasteiger partial charge in [-0.25, -0.2) is 13.7 Å². The molecule has 1 heterocycles.